The lowest BCUT2D eigenvalue weighted by Crippen LogP contribution is -2.43. The third-order valence-corrected chi connectivity index (χ3v) is 4.98. The molecule has 1 aromatic rings. The van der Waals surface area contributed by atoms with E-state index in [0.717, 1.165) is 44.6 Å². The molecule has 0 N–H and O–H groups in total. The summed E-state index contributed by atoms with van der Waals surface area (Å²) in [5, 5.41) is 0. The first-order valence-electron chi connectivity index (χ1n) is 7.74. The van der Waals surface area contributed by atoms with Crippen LogP contribution in [0.3, 0.4) is 0 Å². The third kappa shape index (κ3) is 3.18. The summed E-state index contributed by atoms with van der Waals surface area (Å²) in [6.07, 6.45) is 4.18. The van der Waals surface area contributed by atoms with Gasteiger partial charge in [-0.05, 0) is 50.9 Å². The molecule has 6 heteroatoms. The zero-order chi connectivity index (χ0) is 15.7. The molecule has 120 valence electrons. The van der Waals surface area contributed by atoms with E-state index in [9.17, 15) is 13.6 Å². The first-order chi connectivity index (χ1) is 10.6. The molecular formula is C16H19BrF2N2O. The molecule has 3 nitrogen and oxygen atoms in total. The molecule has 2 fully saturated rings. The van der Waals surface area contributed by atoms with Crippen LogP contribution in [-0.2, 0) is 0 Å². The molecule has 0 aliphatic carbocycles. The normalized spacial score (nSPS) is 22.5. The molecule has 22 heavy (non-hydrogen) atoms. The van der Waals surface area contributed by atoms with Crippen molar-refractivity contribution >= 4 is 21.8 Å². The van der Waals surface area contributed by atoms with Gasteiger partial charge in [-0.1, -0.05) is 15.9 Å². The Bertz CT molecular complexity index is 552. The van der Waals surface area contributed by atoms with Crippen molar-refractivity contribution < 1.29 is 13.6 Å². The number of carbonyl (C=O) groups is 1. The van der Waals surface area contributed by atoms with Gasteiger partial charge >= 0.3 is 0 Å². The Hall–Kier alpha value is -1.01. The molecule has 3 rings (SSSR count). The lowest BCUT2D eigenvalue weighted by atomic mass is 10.1. The van der Waals surface area contributed by atoms with E-state index in [1.54, 1.807) is 4.90 Å². The Morgan fingerprint density at radius 1 is 1.14 bits per heavy atom. The topological polar surface area (TPSA) is 23.6 Å². The van der Waals surface area contributed by atoms with E-state index in [-0.39, 0.29) is 6.04 Å². The minimum Gasteiger partial charge on any atom is -0.334 e. The Morgan fingerprint density at radius 2 is 1.77 bits per heavy atom. The zero-order valence-electron chi connectivity index (χ0n) is 12.3. The first kappa shape index (κ1) is 15.9. The summed E-state index contributed by atoms with van der Waals surface area (Å²) in [6.45, 7) is 3.50. The molecule has 1 atom stereocenters. The van der Waals surface area contributed by atoms with E-state index in [2.05, 4.69) is 20.8 Å². The number of halogens is 3. The van der Waals surface area contributed by atoms with Crippen LogP contribution in [0.25, 0.3) is 0 Å². The van der Waals surface area contributed by atoms with Crippen molar-refractivity contribution in [3.8, 4) is 0 Å². The largest absolute Gasteiger partial charge is 0.334 e. The summed E-state index contributed by atoms with van der Waals surface area (Å²) in [4.78, 5) is 16.6. The molecule has 2 heterocycles. The summed E-state index contributed by atoms with van der Waals surface area (Å²) in [7, 11) is 0. The van der Waals surface area contributed by atoms with Crippen molar-refractivity contribution in [1.82, 2.24) is 9.80 Å². The lowest BCUT2D eigenvalue weighted by molar-refractivity contribution is 0.0699. The van der Waals surface area contributed by atoms with Crippen LogP contribution in [0, 0.1) is 11.6 Å². The second-order valence-corrected chi connectivity index (χ2v) is 6.96. The van der Waals surface area contributed by atoms with E-state index in [1.165, 1.54) is 12.8 Å². The molecule has 2 aliphatic rings. The summed E-state index contributed by atoms with van der Waals surface area (Å²) in [5.74, 6) is -2.13. The van der Waals surface area contributed by atoms with Gasteiger partial charge in [0.15, 0.2) is 0 Å². The summed E-state index contributed by atoms with van der Waals surface area (Å²) in [6, 6.07) is 2.34. The van der Waals surface area contributed by atoms with Gasteiger partial charge in [-0.3, -0.25) is 4.79 Å². The van der Waals surface area contributed by atoms with Crippen molar-refractivity contribution in [2.75, 3.05) is 26.2 Å². The van der Waals surface area contributed by atoms with Crippen LogP contribution in [0.15, 0.2) is 16.6 Å². The minimum absolute atomic E-state index is 0.0630. The number of rotatable bonds is 3. The monoisotopic (exact) mass is 372 g/mol. The fourth-order valence-electron chi connectivity index (χ4n) is 3.45. The third-order valence-electron chi connectivity index (χ3n) is 4.53. The molecule has 1 unspecified atom stereocenters. The fourth-order valence-corrected chi connectivity index (χ4v) is 3.85. The molecule has 0 bridgehead atoms. The molecule has 1 amide bonds. The van der Waals surface area contributed by atoms with Gasteiger partial charge in [-0.15, -0.1) is 0 Å². The molecule has 0 aromatic heterocycles. The molecule has 0 radical (unpaired) electrons. The highest BCUT2D eigenvalue weighted by atomic mass is 79.9. The van der Waals surface area contributed by atoms with Crippen LogP contribution in [0.2, 0.25) is 0 Å². The summed E-state index contributed by atoms with van der Waals surface area (Å²) in [5.41, 5.74) is -0.434. The van der Waals surface area contributed by atoms with Crippen molar-refractivity contribution in [1.29, 1.82) is 0 Å². The predicted octanol–water partition coefficient (Wildman–Crippen LogP) is 3.43. The minimum atomic E-state index is -0.802. The van der Waals surface area contributed by atoms with E-state index in [0.29, 0.717) is 11.0 Å². The summed E-state index contributed by atoms with van der Waals surface area (Å²) < 4.78 is 28.3. The highest BCUT2D eigenvalue weighted by Crippen LogP contribution is 2.26. The van der Waals surface area contributed by atoms with Crippen molar-refractivity contribution in [3.63, 3.8) is 0 Å². The second kappa shape index (κ2) is 6.62. The van der Waals surface area contributed by atoms with Crippen molar-refractivity contribution in [3.05, 3.63) is 33.8 Å². The van der Waals surface area contributed by atoms with E-state index in [1.807, 2.05) is 0 Å². The number of carbonyl (C=O) groups excluding carboxylic acids is 1. The van der Waals surface area contributed by atoms with Gasteiger partial charge in [-0.25, -0.2) is 8.78 Å². The van der Waals surface area contributed by atoms with Crippen LogP contribution in [0.1, 0.15) is 36.0 Å². The van der Waals surface area contributed by atoms with Crippen LogP contribution in [0.5, 0.6) is 0 Å². The van der Waals surface area contributed by atoms with Gasteiger partial charge in [0.2, 0.25) is 0 Å². The van der Waals surface area contributed by atoms with Crippen molar-refractivity contribution in [2.24, 2.45) is 0 Å². The average molecular weight is 373 g/mol. The highest BCUT2D eigenvalue weighted by Gasteiger charge is 2.33. The quantitative estimate of drug-likeness (QED) is 0.811. The Balaban J connectivity index is 1.78. The van der Waals surface area contributed by atoms with E-state index in [4.69, 9.17) is 0 Å². The predicted molar refractivity (Wildman–Crippen MR) is 83.8 cm³/mol. The molecule has 0 saturated carbocycles. The molecule has 1 aromatic carbocycles. The molecular weight excluding hydrogens is 354 g/mol. The van der Waals surface area contributed by atoms with Gasteiger partial charge in [-0.2, -0.15) is 0 Å². The number of amides is 1. The maximum absolute atomic E-state index is 14.0. The fraction of sp³-hybridized carbons (Fsp3) is 0.562. The standard InChI is InChI=1S/C16H19BrF2N2O/c17-11-8-13(18)15(14(19)9-11)16(22)21-7-3-4-12(21)10-20-5-1-2-6-20/h8-9,12H,1-7,10H2. The van der Waals surface area contributed by atoms with Crippen LogP contribution < -0.4 is 0 Å². The molecule has 2 aliphatic heterocycles. The number of hydrogen-bond donors (Lipinski definition) is 0. The smallest absolute Gasteiger partial charge is 0.260 e. The Labute approximate surface area is 137 Å². The van der Waals surface area contributed by atoms with Gasteiger partial charge in [0.05, 0.1) is 0 Å². The first-order valence-corrected chi connectivity index (χ1v) is 8.53. The van der Waals surface area contributed by atoms with Crippen LogP contribution >= 0.6 is 15.9 Å². The number of hydrogen-bond acceptors (Lipinski definition) is 2. The SMILES string of the molecule is O=C(c1c(F)cc(Br)cc1F)N1CCCC1CN1CCCC1. The Morgan fingerprint density at radius 3 is 2.41 bits per heavy atom. The second-order valence-electron chi connectivity index (χ2n) is 6.05. The van der Waals surface area contributed by atoms with E-state index < -0.39 is 23.1 Å². The maximum atomic E-state index is 14.0. The number of benzene rings is 1. The zero-order valence-corrected chi connectivity index (χ0v) is 13.9. The van der Waals surface area contributed by atoms with Crippen molar-refractivity contribution in [2.45, 2.75) is 31.7 Å². The van der Waals surface area contributed by atoms with Crippen LogP contribution in [-0.4, -0.2) is 47.9 Å². The maximum Gasteiger partial charge on any atom is 0.260 e. The number of nitrogens with zero attached hydrogens (tertiary/aromatic N) is 2. The Kier molecular flexibility index (Phi) is 4.78. The van der Waals surface area contributed by atoms with Gasteiger partial charge in [0.1, 0.15) is 17.2 Å². The average Bonchev–Trinajstić information content (AvgIpc) is 3.09. The van der Waals surface area contributed by atoms with E-state index >= 15 is 0 Å². The molecule has 0 spiro atoms. The van der Waals surface area contributed by atoms with Gasteiger partial charge < -0.3 is 9.80 Å². The van der Waals surface area contributed by atoms with Gasteiger partial charge in [0, 0.05) is 23.6 Å². The number of likely N-dealkylation sites (tertiary alicyclic amines) is 2. The summed E-state index contributed by atoms with van der Waals surface area (Å²) >= 11 is 3.04. The molecule has 2 saturated heterocycles. The van der Waals surface area contributed by atoms with Crippen LogP contribution in [0.4, 0.5) is 8.78 Å². The van der Waals surface area contributed by atoms with Gasteiger partial charge in [0.25, 0.3) is 5.91 Å². The highest BCUT2D eigenvalue weighted by molar-refractivity contribution is 9.10. The lowest BCUT2D eigenvalue weighted by Gasteiger charge is -2.28.